The van der Waals surface area contributed by atoms with Crippen LogP contribution in [0, 0.1) is 0 Å². The van der Waals surface area contributed by atoms with Crippen LogP contribution in [0.2, 0.25) is 0 Å². The fourth-order valence-electron chi connectivity index (χ4n) is 12.8. The summed E-state index contributed by atoms with van der Waals surface area (Å²) in [4.78, 5) is 0. The minimum Gasteiger partial charge on any atom is -0.309 e. The Morgan fingerprint density at radius 1 is 0.200 bits per heavy atom. The molecule has 0 amide bonds. The van der Waals surface area contributed by atoms with Crippen LogP contribution in [0.5, 0.6) is 0 Å². The van der Waals surface area contributed by atoms with Crippen LogP contribution in [-0.2, 0) is 21.7 Å². The van der Waals surface area contributed by atoms with Crippen LogP contribution in [0.1, 0.15) is 105 Å². The molecule has 0 aliphatic rings. The van der Waals surface area contributed by atoms with E-state index in [0.29, 0.717) is 0 Å². The highest BCUT2D eigenvalue weighted by Crippen LogP contribution is 2.44. The first-order chi connectivity index (χ1) is 38.2. The number of fused-ring (bicyclic) bond motifs is 12. The number of benzene rings is 10. The molecule has 4 aromatic heterocycles. The fraction of sp³-hybridized carbons (Fsp3) is 0.211. The smallest absolute Gasteiger partial charge is 0.0542 e. The van der Waals surface area contributed by atoms with Crippen LogP contribution in [0.25, 0.3) is 121 Å². The van der Waals surface area contributed by atoms with E-state index >= 15 is 0 Å². The Morgan fingerprint density at radius 3 is 0.700 bits per heavy atom. The largest absolute Gasteiger partial charge is 0.309 e. The van der Waals surface area contributed by atoms with E-state index in [1.54, 1.807) is 0 Å². The number of aromatic nitrogens is 4. The van der Waals surface area contributed by atoms with E-state index < -0.39 is 0 Å². The van der Waals surface area contributed by atoms with Crippen molar-refractivity contribution in [3.05, 3.63) is 229 Å². The molecule has 80 heavy (non-hydrogen) atoms. The van der Waals surface area contributed by atoms with Crippen molar-refractivity contribution >= 4 is 87.2 Å². The maximum atomic E-state index is 2.49. The second-order valence-electron chi connectivity index (χ2n) is 26.8. The van der Waals surface area contributed by atoms with Gasteiger partial charge in [0.1, 0.15) is 0 Å². The summed E-state index contributed by atoms with van der Waals surface area (Å²) in [6, 6.07) is 78.6. The predicted octanol–water partition coefficient (Wildman–Crippen LogP) is 20.9. The second kappa shape index (κ2) is 17.4. The summed E-state index contributed by atoms with van der Waals surface area (Å²) in [6.07, 6.45) is 0. The molecule has 0 aliphatic carbocycles. The van der Waals surface area contributed by atoms with Crippen LogP contribution in [-0.4, -0.2) is 18.3 Å². The van der Waals surface area contributed by atoms with E-state index in [9.17, 15) is 0 Å². The van der Waals surface area contributed by atoms with Crippen LogP contribution < -0.4 is 0 Å². The lowest BCUT2D eigenvalue weighted by Crippen LogP contribution is -2.10. The Labute approximate surface area is 470 Å². The molecule has 0 fully saturated rings. The zero-order valence-corrected chi connectivity index (χ0v) is 48.4. The molecule has 14 aromatic rings. The van der Waals surface area contributed by atoms with Crippen molar-refractivity contribution in [3.8, 4) is 33.9 Å². The van der Waals surface area contributed by atoms with Crippen LogP contribution >= 0.6 is 0 Å². The van der Waals surface area contributed by atoms with Gasteiger partial charge in [-0.3, -0.25) is 0 Å². The van der Waals surface area contributed by atoms with Crippen LogP contribution in [0.4, 0.5) is 0 Å². The average molecular weight is 1040 g/mol. The third-order valence-corrected chi connectivity index (χ3v) is 17.4. The van der Waals surface area contributed by atoms with E-state index in [2.05, 4.69) is 308 Å². The van der Waals surface area contributed by atoms with Gasteiger partial charge in [-0.15, -0.1) is 0 Å². The minimum atomic E-state index is 0.0219. The monoisotopic (exact) mass is 1040 g/mol. The Balaban J connectivity index is 0.984. The van der Waals surface area contributed by atoms with Crippen LogP contribution in [0.3, 0.4) is 0 Å². The lowest BCUT2D eigenvalue weighted by Gasteiger charge is -2.19. The summed E-state index contributed by atoms with van der Waals surface area (Å²) in [7, 11) is 0. The van der Waals surface area contributed by atoms with Crippen molar-refractivity contribution in [2.24, 2.45) is 0 Å². The standard InChI is InChI=1S/C76H70N4/c1-73(2,3)49-25-33-67-59(41-49)60-42-50(74(4,5)6)26-34-68(60)79(67)55-29-37-71-63(45-55)57-39-47(23-31-65(57)77(71)53-19-15-13-16-20-53)48-24-32-66-58(40-48)64-46-56(30-38-72(64)78(66)54-21-17-14-18-22-54)80-69-35-27-51(75(7,8)9)43-61(69)62-44-52(76(10,11)12)28-36-70(62)80/h13-46H,1-12H3. The summed E-state index contributed by atoms with van der Waals surface area (Å²) in [6.45, 7) is 27.8. The second-order valence-corrected chi connectivity index (χ2v) is 26.8. The zero-order chi connectivity index (χ0) is 55.4. The van der Waals surface area contributed by atoms with E-state index in [-0.39, 0.29) is 21.7 Å². The number of hydrogen-bond acceptors (Lipinski definition) is 0. The molecule has 0 unspecified atom stereocenters. The molecule has 10 aromatic carbocycles. The highest BCUT2D eigenvalue weighted by Gasteiger charge is 2.25. The van der Waals surface area contributed by atoms with Crippen molar-refractivity contribution < 1.29 is 0 Å². The van der Waals surface area contributed by atoms with Gasteiger partial charge in [-0.05, 0) is 189 Å². The molecule has 14 rings (SSSR count). The van der Waals surface area contributed by atoms with Gasteiger partial charge in [0.2, 0.25) is 0 Å². The van der Waals surface area contributed by atoms with Gasteiger partial charge in [0, 0.05) is 65.8 Å². The van der Waals surface area contributed by atoms with Crippen LogP contribution in [0.15, 0.2) is 206 Å². The summed E-state index contributed by atoms with van der Waals surface area (Å²) in [5.41, 5.74) is 22.0. The molecule has 4 heterocycles. The summed E-state index contributed by atoms with van der Waals surface area (Å²) in [5, 5.41) is 10.1. The SMILES string of the molecule is CC(C)(C)c1ccc2c(c1)c1cc(C(C)(C)C)ccc1n2-c1ccc2c(c1)c1cc(-c3ccc4c(c3)c3cc(-n5c6ccc(C(C)(C)C)cc6c6cc(C(C)(C)C)ccc65)ccc3n4-c3ccccc3)ccc1n2-c1ccccc1. The van der Waals surface area contributed by atoms with Gasteiger partial charge >= 0.3 is 0 Å². The Kier molecular flexibility index (Phi) is 10.8. The molecule has 0 aliphatic heterocycles. The van der Waals surface area contributed by atoms with Crippen molar-refractivity contribution in [3.63, 3.8) is 0 Å². The quantitative estimate of drug-likeness (QED) is 0.164. The maximum Gasteiger partial charge on any atom is 0.0542 e. The molecular formula is C76H70N4. The van der Waals surface area contributed by atoms with Gasteiger partial charge in [-0.25, -0.2) is 0 Å². The Morgan fingerprint density at radius 2 is 0.425 bits per heavy atom. The third-order valence-electron chi connectivity index (χ3n) is 17.4. The van der Waals surface area contributed by atoms with E-state index in [1.807, 2.05) is 0 Å². The van der Waals surface area contributed by atoms with Gasteiger partial charge < -0.3 is 18.3 Å². The van der Waals surface area contributed by atoms with Crippen molar-refractivity contribution in [2.45, 2.75) is 105 Å². The van der Waals surface area contributed by atoms with E-state index in [0.717, 1.165) is 22.7 Å². The first-order valence-electron chi connectivity index (χ1n) is 28.7. The summed E-state index contributed by atoms with van der Waals surface area (Å²) in [5.74, 6) is 0. The maximum absolute atomic E-state index is 2.49. The first-order valence-corrected chi connectivity index (χ1v) is 28.7. The van der Waals surface area contributed by atoms with Gasteiger partial charge in [0.05, 0.1) is 44.1 Å². The van der Waals surface area contributed by atoms with Gasteiger partial charge in [-0.2, -0.15) is 0 Å². The number of rotatable bonds is 5. The van der Waals surface area contributed by atoms with Gasteiger partial charge in [0.15, 0.2) is 0 Å². The Bertz CT molecular complexity index is 4380. The van der Waals surface area contributed by atoms with Gasteiger partial charge in [0.25, 0.3) is 0 Å². The Hall–Kier alpha value is -8.60. The number of para-hydroxylation sites is 2. The molecule has 0 bridgehead atoms. The van der Waals surface area contributed by atoms with Crippen molar-refractivity contribution in [1.82, 2.24) is 18.3 Å². The topological polar surface area (TPSA) is 19.7 Å². The molecule has 0 saturated carbocycles. The highest BCUT2D eigenvalue weighted by molar-refractivity contribution is 6.16. The molecule has 394 valence electrons. The zero-order valence-electron chi connectivity index (χ0n) is 48.4. The summed E-state index contributed by atoms with van der Waals surface area (Å²) >= 11 is 0. The average Bonchev–Trinajstić information content (AvgIpc) is 4.19. The molecule has 0 saturated heterocycles. The van der Waals surface area contributed by atoms with Crippen molar-refractivity contribution in [1.29, 1.82) is 0 Å². The summed E-state index contributed by atoms with van der Waals surface area (Å²) < 4.78 is 9.87. The number of hydrogen-bond donors (Lipinski definition) is 0. The van der Waals surface area contributed by atoms with E-state index in [4.69, 9.17) is 0 Å². The molecule has 4 heteroatoms. The van der Waals surface area contributed by atoms with Gasteiger partial charge in [-0.1, -0.05) is 156 Å². The minimum absolute atomic E-state index is 0.0219. The lowest BCUT2D eigenvalue weighted by atomic mass is 9.85. The fourth-order valence-corrected chi connectivity index (χ4v) is 12.8. The highest BCUT2D eigenvalue weighted by atomic mass is 15.0. The molecule has 0 spiro atoms. The first kappa shape index (κ1) is 49.7. The van der Waals surface area contributed by atoms with E-state index in [1.165, 1.54) is 121 Å². The van der Waals surface area contributed by atoms with Crippen molar-refractivity contribution in [2.75, 3.05) is 0 Å². The molecule has 0 N–H and O–H groups in total. The normalized spacial score (nSPS) is 13.0. The molecular weight excluding hydrogens is 969 g/mol. The third kappa shape index (κ3) is 7.85. The lowest BCUT2D eigenvalue weighted by molar-refractivity contribution is 0.590. The predicted molar refractivity (Wildman–Crippen MR) is 344 cm³/mol. The molecule has 0 atom stereocenters. The number of nitrogens with zero attached hydrogens (tertiary/aromatic N) is 4. The molecule has 0 radical (unpaired) electrons. The molecule has 4 nitrogen and oxygen atoms in total.